The lowest BCUT2D eigenvalue weighted by Crippen LogP contribution is -2.29. The largest absolute Gasteiger partial charge is 0.491 e. The Hall–Kier alpha value is -3.35. The van der Waals surface area contributed by atoms with Gasteiger partial charge in [-0.05, 0) is 98.9 Å². The van der Waals surface area contributed by atoms with Crippen molar-refractivity contribution in [2.45, 2.75) is 32.0 Å². The second-order valence-corrected chi connectivity index (χ2v) is 9.19. The SMILES string of the molecule is CC(C)Oc1ccc(N2C(=S)NC(c3ccccn3)C2c2ccc(-c3ccc(Cl)cc3)o2)cc1. The van der Waals surface area contributed by atoms with E-state index in [4.69, 9.17) is 33.0 Å². The molecule has 7 heteroatoms. The molecular weight excluding hydrogens is 466 g/mol. The third-order valence-electron chi connectivity index (χ3n) is 5.63. The number of nitrogens with one attached hydrogen (secondary N) is 1. The quantitative estimate of drug-likeness (QED) is 0.295. The molecule has 1 N–H and O–H groups in total. The van der Waals surface area contributed by atoms with Gasteiger partial charge in [-0.3, -0.25) is 4.98 Å². The topological polar surface area (TPSA) is 50.5 Å². The van der Waals surface area contributed by atoms with E-state index < -0.39 is 0 Å². The molecule has 1 aliphatic heterocycles. The number of ether oxygens (including phenoxy) is 1. The highest BCUT2D eigenvalue weighted by atomic mass is 35.5. The van der Waals surface area contributed by atoms with Crippen LogP contribution in [0.25, 0.3) is 11.3 Å². The number of pyridine rings is 1. The van der Waals surface area contributed by atoms with Crippen molar-refractivity contribution in [1.82, 2.24) is 10.3 Å². The Morgan fingerprint density at radius 3 is 2.44 bits per heavy atom. The molecule has 4 aromatic rings. The Kier molecular flexibility index (Phi) is 6.26. The first-order valence-corrected chi connectivity index (χ1v) is 11.9. The van der Waals surface area contributed by atoms with Gasteiger partial charge >= 0.3 is 0 Å². The lowest BCUT2D eigenvalue weighted by Gasteiger charge is -2.26. The molecule has 0 spiro atoms. The molecule has 1 saturated heterocycles. The van der Waals surface area contributed by atoms with Gasteiger partial charge in [-0.15, -0.1) is 0 Å². The molecule has 0 radical (unpaired) electrons. The van der Waals surface area contributed by atoms with E-state index in [1.807, 2.05) is 92.7 Å². The van der Waals surface area contributed by atoms with Gasteiger partial charge in [0, 0.05) is 22.5 Å². The number of furan rings is 1. The van der Waals surface area contributed by atoms with Crippen LogP contribution in [0.3, 0.4) is 0 Å². The smallest absolute Gasteiger partial charge is 0.174 e. The Morgan fingerprint density at radius 2 is 1.76 bits per heavy atom. The number of halogens is 1. The van der Waals surface area contributed by atoms with Gasteiger partial charge in [-0.1, -0.05) is 17.7 Å². The Balaban J connectivity index is 1.54. The zero-order valence-electron chi connectivity index (χ0n) is 18.8. The molecule has 0 bridgehead atoms. The van der Waals surface area contributed by atoms with Crippen molar-refractivity contribution in [3.8, 4) is 17.1 Å². The molecule has 3 heterocycles. The van der Waals surface area contributed by atoms with Crippen LogP contribution in [0.1, 0.15) is 37.4 Å². The van der Waals surface area contributed by atoms with Crippen LogP contribution in [0.2, 0.25) is 5.02 Å². The van der Waals surface area contributed by atoms with Crippen molar-refractivity contribution in [3.05, 3.63) is 102 Å². The number of nitrogens with zero attached hydrogens (tertiary/aromatic N) is 2. The molecule has 2 aromatic carbocycles. The molecule has 0 aliphatic carbocycles. The minimum absolute atomic E-state index is 0.107. The molecule has 2 aromatic heterocycles. The van der Waals surface area contributed by atoms with Gasteiger partial charge in [0.15, 0.2) is 5.11 Å². The molecule has 1 fully saturated rings. The lowest BCUT2D eigenvalue weighted by molar-refractivity contribution is 0.242. The summed E-state index contributed by atoms with van der Waals surface area (Å²) in [7, 11) is 0. The molecule has 0 saturated carbocycles. The maximum atomic E-state index is 6.38. The van der Waals surface area contributed by atoms with Gasteiger partial charge in [-0.25, -0.2) is 0 Å². The maximum Gasteiger partial charge on any atom is 0.174 e. The minimum Gasteiger partial charge on any atom is -0.491 e. The average Bonchev–Trinajstić information content (AvgIpc) is 3.45. The zero-order valence-corrected chi connectivity index (χ0v) is 20.4. The minimum atomic E-state index is -0.222. The van der Waals surface area contributed by atoms with E-state index in [-0.39, 0.29) is 18.2 Å². The number of hydrogen-bond donors (Lipinski definition) is 1. The third kappa shape index (κ3) is 4.52. The summed E-state index contributed by atoms with van der Waals surface area (Å²) >= 11 is 11.9. The van der Waals surface area contributed by atoms with Crippen LogP contribution in [0.4, 0.5) is 5.69 Å². The van der Waals surface area contributed by atoms with E-state index in [9.17, 15) is 0 Å². The van der Waals surface area contributed by atoms with Crippen LogP contribution >= 0.6 is 23.8 Å². The number of rotatable bonds is 6. The number of aromatic nitrogens is 1. The van der Waals surface area contributed by atoms with Crippen molar-refractivity contribution >= 4 is 34.6 Å². The highest BCUT2D eigenvalue weighted by Crippen LogP contribution is 2.43. The number of benzene rings is 2. The molecule has 0 amide bonds. The van der Waals surface area contributed by atoms with Crippen LogP contribution < -0.4 is 15.0 Å². The maximum absolute atomic E-state index is 6.38. The van der Waals surface area contributed by atoms with Crippen molar-refractivity contribution in [2.24, 2.45) is 0 Å². The number of hydrogen-bond acceptors (Lipinski definition) is 4. The molecule has 2 unspecified atom stereocenters. The summed E-state index contributed by atoms with van der Waals surface area (Å²) in [5, 5.41) is 4.76. The Bertz CT molecular complexity index is 1270. The van der Waals surface area contributed by atoms with E-state index in [0.29, 0.717) is 10.1 Å². The summed E-state index contributed by atoms with van der Waals surface area (Å²) in [6.45, 7) is 4.02. The van der Waals surface area contributed by atoms with Crippen molar-refractivity contribution in [3.63, 3.8) is 0 Å². The van der Waals surface area contributed by atoms with Gasteiger partial charge in [0.1, 0.15) is 23.3 Å². The van der Waals surface area contributed by atoms with E-state index in [1.165, 1.54) is 0 Å². The Labute approximate surface area is 209 Å². The molecule has 5 nitrogen and oxygen atoms in total. The molecule has 172 valence electrons. The summed E-state index contributed by atoms with van der Waals surface area (Å²) in [6, 6.07) is 25.0. The first kappa shape index (κ1) is 22.4. The summed E-state index contributed by atoms with van der Waals surface area (Å²) in [4.78, 5) is 6.68. The molecule has 1 aliphatic rings. The molecular formula is C27H24ClN3O2S. The summed E-state index contributed by atoms with van der Waals surface area (Å²) in [5.74, 6) is 2.37. The summed E-state index contributed by atoms with van der Waals surface area (Å²) in [6.07, 6.45) is 1.90. The van der Waals surface area contributed by atoms with Gasteiger partial charge in [0.2, 0.25) is 0 Å². The summed E-state index contributed by atoms with van der Waals surface area (Å²) < 4.78 is 12.2. The van der Waals surface area contributed by atoms with Crippen molar-refractivity contribution in [2.75, 3.05) is 4.90 Å². The fourth-order valence-corrected chi connectivity index (χ4v) is 4.63. The predicted octanol–water partition coefficient (Wildman–Crippen LogP) is 6.96. The fraction of sp³-hybridized carbons (Fsp3) is 0.185. The third-order valence-corrected chi connectivity index (χ3v) is 6.20. The first-order chi connectivity index (χ1) is 16.5. The van der Waals surface area contributed by atoms with E-state index in [1.54, 1.807) is 6.20 Å². The molecule has 2 atom stereocenters. The zero-order chi connectivity index (χ0) is 23.7. The molecule has 5 rings (SSSR count). The van der Waals surface area contributed by atoms with Crippen LogP contribution in [0.15, 0.2) is 89.5 Å². The average molecular weight is 490 g/mol. The lowest BCUT2D eigenvalue weighted by atomic mass is 10.0. The second kappa shape index (κ2) is 9.49. The van der Waals surface area contributed by atoms with E-state index in [2.05, 4.69) is 15.2 Å². The normalized spacial score (nSPS) is 17.8. The predicted molar refractivity (Wildman–Crippen MR) is 139 cm³/mol. The van der Waals surface area contributed by atoms with E-state index >= 15 is 0 Å². The second-order valence-electron chi connectivity index (χ2n) is 8.37. The van der Waals surface area contributed by atoms with Crippen LogP contribution in [-0.2, 0) is 0 Å². The standard InChI is InChI=1S/C27H24ClN3O2S/c1-17(2)32-21-12-10-20(11-13-21)31-26(25(30-27(31)34)22-5-3-4-16-29-22)24-15-14-23(33-24)18-6-8-19(28)9-7-18/h3-17,25-26H,1-2H3,(H,30,34). The first-order valence-electron chi connectivity index (χ1n) is 11.1. The molecule has 34 heavy (non-hydrogen) atoms. The highest BCUT2D eigenvalue weighted by molar-refractivity contribution is 7.80. The van der Waals surface area contributed by atoms with Crippen molar-refractivity contribution in [1.29, 1.82) is 0 Å². The number of anilines is 1. The van der Waals surface area contributed by atoms with Crippen molar-refractivity contribution < 1.29 is 9.15 Å². The number of thiocarbonyl (C=S) groups is 1. The van der Waals surface area contributed by atoms with Gasteiger partial charge < -0.3 is 19.4 Å². The monoisotopic (exact) mass is 489 g/mol. The van der Waals surface area contributed by atoms with Crippen LogP contribution in [0, 0.1) is 0 Å². The van der Waals surface area contributed by atoms with E-state index in [0.717, 1.165) is 34.2 Å². The van der Waals surface area contributed by atoms with Crippen LogP contribution in [0.5, 0.6) is 5.75 Å². The highest BCUT2D eigenvalue weighted by Gasteiger charge is 2.42. The fourth-order valence-electron chi connectivity index (χ4n) is 4.16. The Morgan fingerprint density at radius 1 is 1.00 bits per heavy atom. The summed E-state index contributed by atoms with van der Waals surface area (Å²) in [5.41, 5.74) is 2.79. The van der Waals surface area contributed by atoms with Gasteiger partial charge in [0.25, 0.3) is 0 Å². The van der Waals surface area contributed by atoms with Gasteiger partial charge in [0.05, 0.1) is 17.8 Å². The van der Waals surface area contributed by atoms with Gasteiger partial charge in [-0.2, -0.15) is 0 Å². The van der Waals surface area contributed by atoms with Crippen LogP contribution in [-0.4, -0.2) is 16.2 Å².